The largest absolute Gasteiger partial charge is 0.466 e. The molecule has 0 aromatic rings. The van der Waals surface area contributed by atoms with Crippen LogP contribution in [0.3, 0.4) is 0 Å². The fraction of sp³-hybridized carbons (Fsp3) is 0.800. The number of rotatable bonds is 16. The van der Waals surface area contributed by atoms with Gasteiger partial charge in [0.25, 0.3) is 0 Å². The maximum absolute atomic E-state index is 11.5. The number of hydrogen-bond acceptors (Lipinski definition) is 4. The molecule has 0 amide bonds. The number of hydrogen-bond donors (Lipinski definition) is 0. The Hall–Kier alpha value is -1.32. The van der Waals surface area contributed by atoms with E-state index < -0.39 is 0 Å². The minimum atomic E-state index is -0.236. The zero-order chi connectivity index (χ0) is 17.9. The zero-order valence-corrected chi connectivity index (χ0v) is 15.7. The summed E-state index contributed by atoms with van der Waals surface area (Å²) in [6.07, 6.45) is 15.3. The standard InChI is InChI=1S/C20H36O4/c1-3-5-7-9-10-11-13-18-24-20(22)16-14-15-19(21)23-17-12-8-6-4-2/h6,8H,3-5,7,9-18H2,1-2H3/b8-6-. The fourth-order valence-electron chi connectivity index (χ4n) is 2.29. The molecule has 0 aliphatic heterocycles. The lowest BCUT2D eigenvalue weighted by Crippen LogP contribution is -2.09. The second kappa shape index (κ2) is 18.0. The molecule has 24 heavy (non-hydrogen) atoms. The number of ether oxygens (including phenoxy) is 2. The molecule has 0 rings (SSSR count). The molecule has 0 saturated heterocycles. The molecule has 0 aromatic carbocycles. The van der Waals surface area contributed by atoms with Gasteiger partial charge in [0.1, 0.15) is 0 Å². The molecule has 4 heteroatoms. The van der Waals surface area contributed by atoms with Crippen molar-refractivity contribution in [1.29, 1.82) is 0 Å². The van der Waals surface area contributed by atoms with Gasteiger partial charge >= 0.3 is 11.9 Å². The van der Waals surface area contributed by atoms with Crippen molar-refractivity contribution in [2.45, 2.75) is 90.9 Å². The summed E-state index contributed by atoms with van der Waals surface area (Å²) in [7, 11) is 0. The highest BCUT2D eigenvalue weighted by atomic mass is 16.5. The molecule has 0 radical (unpaired) electrons. The smallest absolute Gasteiger partial charge is 0.305 e. The molecule has 0 unspecified atom stereocenters. The first-order chi connectivity index (χ1) is 11.7. The highest BCUT2D eigenvalue weighted by molar-refractivity contribution is 5.72. The van der Waals surface area contributed by atoms with Crippen molar-refractivity contribution < 1.29 is 19.1 Å². The molecule has 0 fully saturated rings. The number of allylic oxidation sites excluding steroid dienone is 1. The van der Waals surface area contributed by atoms with Gasteiger partial charge in [-0.1, -0.05) is 64.5 Å². The summed E-state index contributed by atoms with van der Waals surface area (Å²) in [4.78, 5) is 23.0. The van der Waals surface area contributed by atoms with Gasteiger partial charge in [-0.2, -0.15) is 0 Å². The van der Waals surface area contributed by atoms with Crippen molar-refractivity contribution in [1.82, 2.24) is 0 Å². The Balaban J connectivity index is 3.36. The first kappa shape index (κ1) is 22.7. The van der Waals surface area contributed by atoms with E-state index in [1.807, 2.05) is 6.08 Å². The topological polar surface area (TPSA) is 52.6 Å². The second-order valence-electron chi connectivity index (χ2n) is 6.08. The molecule has 0 bridgehead atoms. The second-order valence-corrected chi connectivity index (χ2v) is 6.08. The Bertz CT molecular complexity index is 337. The van der Waals surface area contributed by atoms with E-state index in [1.165, 1.54) is 32.1 Å². The van der Waals surface area contributed by atoms with Crippen LogP contribution in [0.4, 0.5) is 0 Å². The summed E-state index contributed by atoms with van der Waals surface area (Å²) in [6.45, 7) is 5.19. The van der Waals surface area contributed by atoms with E-state index in [0.717, 1.165) is 25.7 Å². The van der Waals surface area contributed by atoms with Gasteiger partial charge in [-0.3, -0.25) is 9.59 Å². The molecule has 0 aliphatic rings. The summed E-state index contributed by atoms with van der Waals surface area (Å²) in [5.74, 6) is -0.445. The minimum Gasteiger partial charge on any atom is -0.466 e. The molecule has 4 nitrogen and oxygen atoms in total. The van der Waals surface area contributed by atoms with E-state index in [1.54, 1.807) is 0 Å². The average Bonchev–Trinajstić information content (AvgIpc) is 2.57. The quantitative estimate of drug-likeness (QED) is 0.216. The number of esters is 2. The van der Waals surface area contributed by atoms with Crippen LogP contribution in [0.15, 0.2) is 12.2 Å². The normalized spacial score (nSPS) is 10.9. The van der Waals surface area contributed by atoms with E-state index in [0.29, 0.717) is 26.1 Å². The predicted molar refractivity (Wildman–Crippen MR) is 97.8 cm³/mol. The SMILES string of the molecule is CC/C=C\CCOC(=O)CCCC(=O)OCCCCCCCCC. The van der Waals surface area contributed by atoms with Gasteiger partial charge in [0.05, 0.1) is 13.2 Å². The van der Waals surface area contributed by atoms with E-state index >= 15 is 0 Å². The summed E-state index contributed by atoms with van der Waals surface area (Å²) in [5, 5.41) is 0. The lowest BCUT2D eigenvalue weighted by Gasteiger charge is -2.05. The first-order valence-corrected chi connectivity index (χ1v) is 9.66. The van der Waals surface area contributed by atoms with Crippen LogP contribution in [0.5, 0.6) is 0 Å². The van der Waals surface area contributed by atoms with Crippen LogP contribution in [0.25, 0.3) is 0 Å². The van der Waals surface area contributed by atoms with Gasteiger partial charge in [0.15, 0.2) is 0 Å². The van der Waals surface area contributed by atoms with E-state index in [2.05, 4.69) is 19.9 Å². The van der Waals surface area contributed by atoms with Crippen molar-refractivity contribution in [2.24, 2.45) is 0 Å². The summed E-state index contributed by atoms with van der Waals surface area (Å²) in [5.41, 5.74) is 0. The Morgan fingerprint density at radius 2 is 1.29 bits per heavy atom. The van der Waals surface area contributed by atoms with Crippen molar-refractivity contribution in [2.75, 3.05) is 13.2 Å². The van der Waals surface area contributed by atoms with E-state index in [-0.39, 0.29) is 18.4 Å². The zero-order valence-electron chi connectivity index (χ0n) is 15.7. The molecule has 0 spiro atoms. The van der Waals surface area contributed by atoms with Crippen molar-refractivity contribution in [3.05, 3.63) is 12.2 Å². The van der Waals surface area contributed by atoms with Crippen molar-refractivity contribution in [3.63, 3.8) is 0 Å². The maximum Gasteiger partial charge on any atom is 0.305 e. The van der Waals surface area contributed by atoms with E-state index in [4.69, 9.17) is 9.47 Å². The van der Waals surface area contributed by atoms with Crippen LogP contribution in [0.1, 0.15) is 90.9 Å². The molecule has 0 heterocycles. The Labute approximate surface area is 148 Å². The Kier molecular flexibility index (Phi) is 17.0. The number of unbranched alkanes of at least 4 members (excludes halogenated alkanes) is 6. The molecule has 140 valence electrons. The third-order valence-corrected chi connectivity index (χ3v) is 3.72. The lowest BCUT2D eigenvalue weighted by atomic mass is 10.1. The molecule has 0 atom stereocenters. The van der Waals surface area contributed by atoms with Crippen LogP contribution in [-0.4, -0.2) is 25.2 Å². The molecule has 0 N–H and O–H groups in total. The average molecular weight is 341 g/mol. The number of carbonyl (C=O) groups is 2. The van der Waals surface area contributed by atoms with Gasteiger partial charge < -0.3 is 9.47 Å². The van der Waals surface area contributed by atoms with Crippen LogP contribution < -0.4 is 0 Å². The van der Waals surface area contributed by atoms with Crippen LogP contribution in [0.2, 0.25) is 0 Å². The van der Waals surface area contributed by atoms with Gasteiger partial charge in [0.2, 0.25) is 0 Å². The highest BCUT2D eigenvalue weighted by Crippen LogP contribution is 2.07. The molecule has 0 saturated carbocycles. The molecular formula is C20H36O4. The molecule has 0 aliphatic carbocycles. The van der Waals surface area contributed by atoms with Crippen molar-refractivity contribution >= 4 is 11.9 Å². The third-order valence-electron chi connectivity index (χ3n) is 3.72. The number of carbonyl (C=O) groups excluding carboxylic acids is 2. The monoisotopic (exact) mass is 340 g/mol. The third kappa shape index (κ3) is 17.0. The summed E-state index contributed by atoms with van der Waals surface area (Å²) >= 11 is 0. The van der Waals surface area contributed by atoms with Crippen LogP contribution >= 0.6 is 0 Å². The fourth-order valence-corrected chi connectivity index (χ4v) is 2.29. The van der Waals surface area contributed by atoms with Gasteiger partial charge in [-0.25, -0.2) is 0 Å². The molecular weight excluding hydrogens is 304 g/mol. The van der Waals surface area contributed by atoms with Crippen LogP contribution in [-0.2, 0) is 19.1 Å². The first-order valence-electron chi connectivity index (χ1n) is 9.66. The Morgan fingerprint density at radius 3 is 1.92 bits per heavy atom. The predicted octanol–water partition coefficient (Wildman–Crippen LogP) is 5.35. The minimum absolute atomic E-state index is 0.209. The lowest BCUT2D eigenvalue weighted by molar-refractivity contribution is -0.145. The van der Waals surface area contributed by atoms with Crippen molar-refractivity contribution in [3.8, 4) is 0 Å². The van der Waals surface area contributed by atoms with Gasteiger partial charge in [0, 0.05) is 12.8 Å². The van der Waals surface area contributed by atoms with Crippen LogP contribution in [0, 0.1) is 0 Å². The van der Waals surface area contributed by atoms with Gasteiger partial charge in [-0.15, -0.1) is 0 Å². The highest BCUT2D eigenvalue weighted by Gasteiger charge is 2.07. The maximum atomic E-state index is 11.5. The molecule has 0 aromatic heterocycles. The summed E-state index contributed by atoms with van der Waals surface area (Å²) < 4.78 is 10.3. The summed E-state index contributed by atoms with van der Waals surface area (Å²) in [6, 6.07) is 0. The van der Waals surface area contributed by atoms with E-state index in [9.17, 15) is 9.59 Å². The van der Waals surface area contributed by atoms with Gasteiger partial charge in [-0.05, 0) is 25.7 Å². The Morgan fingerprint density at radius 1 is 0.708 bits per heavy atom.